The van der Waals surface area contributed by atoms with Gasteiger partial charge in [-0.25, -0.2) is 8.42 Å². The molecule has 6 nitrogen and oxygen atoms in total. The largest absolute Gasteiger partial charge is 0.490 e. The van der Waals surface area contributed by atoms with Crippen molar-refractivity contribution in [3.8, 4) is 5.75 Å². The van der Waals surface area contributed by atoms with Crippen molar-refractivity contribution in [3.05, 3.63) is 68.7 Å². The highest BCUT2D eigenvalue weighted by atomic mass is 35.5. The van der Waals surface area contributed by atoms with Crippen molar-refractivity contribution >= 4 is 27.1 Å². The third kappa shape index (κ3) is 4.67. The van der Waals surface area contributed by atoms with Gasteiger partial charge in [0.2, 0.25) is 0 Å². The Hall–Kier alpha value is -2.12. The smallest absolute Gasteiger partial charge is 0.311 e. The van der Waals surface area contributed by atoms with Gasteiger partial charge in [-0.05, 0) is 29.3 Å². The molecule has 0 heterocycles. The number of methoxy groups -OCH3 is 1. The number of nitro benzene ring substituents is 1. The molecule has 2 aromatic carbocycles. The Kier molecular flexibility index (Phi) is 5.23. The Morgan fingerprint density at radius 2 is 1.78 bits per heavy atom. The fraction of sp³-hybridized carbons (Fsp3) is 0.200. The first-order chi connectivity index (χ1) is 10.8. The van der Waals surface area contributed by atoms with E-state index in [0.29, 0.717) is 16.1 Å². The fourth-order valence-electron chi connectivity index (χ4n) is 2.15. The molecular weight excluding hydrogens is 342 g/mol. The summed E-state index contributed by atoms with van der Waals surface area (Å²) in [5.41, 5.74) is 0.642. The van der Waals surface area contributed by atoms with E-state index in [4.69, 9.17) is 16.3 Å². The number of rotatable bonds is 6. The van der Waals surface area contributed by atoms with E-state index in [2.05, 4.69) is 0 Å². The van der Waals surface area contributed by atoms with Crippen molar-refractivity contribution in [2.75, 3.05) is 7.11 Å². The van der Waals surface area contributed by atoms with Gasteiger partial charge >= 0.3 is 5.69 Å². The molecule has 0 fully saturated rings. The van der Waals surface area contributed by atoms with Gasteiger partial charge in [0.25, 0.3) is 0 Å². The third-order valence-electron chi connectivity index (χ3n) is 3.10. The molecule has 0 aliphatic rings. The van der Waals surface area contributed by atoms with Gasteiger partial charge in [-0.3, -0.25) is 10.1 Å². The lowest BCUT2D eigenvalue weighted by atomic mass is 10.2. The van der Waals surface area contributed by atoms with Gasteiger partial charge in [0, 0.05) is 11.1 Å². The quantitative estimate of drug-likeness (QED) is 0.585. The first-order valence-corrected chi connectivity index (χ1v) is 8.77. The van der Waals surface area contributed by atoms with Crippen LogP contribution in [0.25, 0.3) is 0 Å². The standard InChI is InChI=1S/C15H14ClNO5S/c1-22-15-6-5-12(8-14(15)17(18)19)10-23(20,21)9-11-3-2-4-13(16)7-11/h2-8H,9-10H2,1H3. The molecule has 0 bridgehead atoms. The van der Waals surface area contributed by atoms with Gasteiger partial charge < -0.3 is 4.74 Å². The van der Waals surface area contributed by atoms with Crippen LogP contribution in [0.5, 0.6) is 5.75 Å². The number of nitro groups is 1. The van der Waals surface area contributed by atoms with Crippen LogP contribution >= 0.6 is 11.6 Å². The average molecular weight is 356 g/mol. The zero-order chi connectivity index (χ0) is 17.0. The van der Waals surface area contributed by atoms with Crippen molar-refractivity contribution in [3.63, 3.8) is 0 Å². The number of benzene rings is 2. The second kappa shape index (κ2) is 6.97. The summed E-state index contributed by atoms with van der Waals surface area (Å²) in [4.78, 5) is 10.4. The third-order valence-corrected chi connectivity index (χ3v) is 4.88. The van der Waals surface area contributed by atoms with Crippen LogP contribution in [-0.4, -0.2) is 20.5 Å². The molecule has 0 N–H and O–H groups in total. The zero-order valence-corrected chi connectivity index (χ0v) is 13.8. The van der Waals surface area contributed by atoms with Gasteiger partial charge in [-0.2, -0.15) is 0 Å². The molecule has 122 valence electrons. The van der Waals surface area contributed by atoms with E-state index in [0.717, 1.165) is 0 Å². The minimum Gasteiger partial charge on any atom is -0.490 e. The van der Waals surface area contributed by atoms with Crippen LogP contribution in [0, 0.1) is 10.1 Å². The lowest BCUT2D eigenvalue weighted by Crippen LogP contribution is -2.08. The molecule has 0 aliphatic heterocycles. The molecule has 0 saturated heterocycles. The van der Waals surface area contributed by atoms with Crippen LogP contribution in [0.15, 0.2) is 42.5 Å². The molecule has 0 atom stereocenters. The highest BCUT2D eigenvalue weighted by molar-refractivity contribution is 7.89. The summed E-state index contributed by atoms with van der Waals surface area (Å²) >= 11 is 5.84. The Labute approximate surface area is 138 Å². The Morgan fingerprint density at radius 3 is 2.35 bits per heavy atom. The summed E-state index contributed by atoms with van der Waals surface area (Å²) in [6, 6.07) is 10.7. The number of sulfone groups is 1. The maximum absolute atomic E-state index is 12.3. The average Bonchev–Trinajstić information content (AvgIpc) is 2.46. The van der Waals surface area contributed by atoms with Crippen molar-refractivity contribution < 1.29 is 18.1 Å². The van der Waals surface area contributed by atoms with E-state index in [1.54, 1.807) is 24.3 Å². The Balaban J connectivity index is 2.23. The first-order valence-electron chi connectivity index (χ1n) is 6.57. The predicted octanol–water partition coefficient (Wildman–Crippen LogP) is 3.37. The Bertz CT molecular complexity index is 836. The van der Waals surface area contributed by atoms with Crippen LogP contribution in [0.4, 0.5) is 5.69 Å². The second-order valence-corrected chi connectivity index (χ2v) is 7.43. The highest BCUT2D eigenvalue weighted by Gasteiger charge is 2.19. The summed E-state index contributed by atoms with van der Waals surface area (Å²) in [6.45, 7) is 0. The van der Waals surface area contributed by atoms with Crippen molar-refractivity contribution in [1.29, 1.82) is 0 Å². The molecule has 0 aromatic heterocycles. The van der Waals surface area contributed by atoms with E-state index in [1.807, 2.05) is 0 Å². The molecule has 0 amide bonds. The molecule has 2 rings (SSSR count). The van der Waals surface area contributed by atoms with E-state index in [9.17, 15) is 18.5 Å². The van der Waals surface area contributed by atoms with Crippen molar-refractivity contribution in [1.82, 2.24) is 0 Å². The predicted molar refractivity (Wildman–Crippen MR) is 87.4 cm³/mol. The lowest BCUT2D eigenvalue weighted by Gasteiger charge is -2.07. The van der Waals surface area contributed by atoms with Gasteiger partial charge in [0.15, 0.2) is 15.6 Å². The molecule has 23 heavy (non-hydrogen) atoms. The van der Waals surface area contributed by atoms with Crippen LogP contribution in [-0.2, 0) is 21.3 Å². The van der Waals surface area contributed by atoms with E-state index >= 15 is 0 Å². The number of hydrogen-bond donors (Lipinski definition) is 0. The molecule has 0 saturated carbocycles. The Morgan fingerprint density at radius 1 is 1.13 bits per heavy atom. The van der Waals surface area contributed by atoms with Crippen LogP contribution in [0.3, 0.4) is 0 Å². The first kappa shape index (κ1) is 17.2. The van der Waals surface area contributed by atoms with Crippen LogP contribution in [0.1, 0.15) is 11.1 Å². The summed E-state index contributed by atoms with van der Waals surface area (Å²) in [7, 11) is -2.17. The summed E-state index contributed by atoms with van der Waals surface area (Å²) in [6.07, 6.45) is 0. The molecule has 8 heteroatoms. The molecule has 0 radical (unpaired) electrons. The van der Waals surface area contributed by atoms with E-state index < -0.39 is 14.8 Å². The molecule has 0 unspecified atom stereocenters. The monoisotopic (exact) mass is 355 g/mol. The molecule has 0 spiro atoms. The minimum absolute atomic E-state index is 0.0889. The normalized spacial score (nSPS) is 11.2. The highest BCUT2D eigenvalue weighted by Crippen LogP contribution is 2.28. The van der Waals surface area contributed by atoms with Gasteiger partial charge in [0.1, 0.15) is 0 Å². The lowest BCUT2D eigenvalue weighted by molar-refractivity contribution is -0.385. The van der Waals surface area contributed by atoms with Crippen molar-refractivity contribution in [2.24, 2.45) is 0 Å². The van der Waals surface area contributed by atoms with Crippen molar-refractivity contribution in [2.45, 2.75) is 11.5 Å². The van der Waals surface area contributed by atoms with Crippen LogP contribution < -0.4 is 4.74 Å². The fourth-order valence-corrected chi connectivity index (χ4v) is 3.84. The molecule has 2 aromatic rings. The maximum atomic E-state index is 12.3. The molecular formula is C15H14ClNO5S. The van der Waals surface area contributed by atoms with Gasteiger partial charge in [-0.15, -0.1) is 0 Å². The summed E-state index contributed by atoms with van der Waals surface area (Å²) in [5, 5.41) is 11.4. The topological polar surface area (TPSA) is 86.5 Å². The second-order valence-electron chi connectivity index (χ2n) is 4.93. The SMILES string of the molecule is COc1ccc(CS(=O)(=O)Cc2cccc(Cl)c2)cc1[N+](=O)[O-]. The zero-order valence-electron chi connectivity index (χ0n) is 12.2. The van der Waals surface area contributed by atoms with Crippen LogP contribution in [0.2, 0.25) is 5.02 Å². The number of hydrogen-bond acceptors (Lipinski definition) is 5. The summed E-state index contributed by atoms with van der Waals surface area (Å²) in [5.74, 6) is -0.399. The van der Waals surface area contributed by atoms with E-state index in [1.165, 1.54) is 25.3 Å². The number of nitrogens with zero attached hydrogens (tertiary/aromatic N) is 1. The van der Waals surface area contributed by atoms with Gasteiger partial charge in [-0.1, -0.05) is 29.8 Å². The number of halogens is 1. The van der Waals surface area contributed by atoms with E-state index in [-0.39, 0.29) is 22.9 Å². The maximum Gasteiger partial charge on any atom is 0.311 e. The number of ether oxygens (including phenoxy) is 1. The minimum atomic E-state index is -3.49. The van der Waals surface area contributed by atoms with Gasteiger partial charge in [0.05, 0.1) is 23.5 Å². The summed E-state index contributed by atoms with van der Waals surface area (Å²) < 4.78 is 29.4. The molecule has 0 aliphatic carbocycles.